The second-order valence-electron chi connectivity index (χ2n) is 14.4. The van der Waals surface area contributed by atoms with Crippen LogP contribution in [0.15, 0.2) is 205 Å². The molecule has 0 N–H and O–H groups in total. The number of rotatable bonds is 6. The van der Waals surface area contributed by atoms with Gasteiger partial charge in [-0.05, 0) is 85.3 Å². The average Bonchev–Trinajstić information content (AvgIpc) is 3.68. The minimum Gasteiger partial charge on any atom is -0.456 e. The third-order valence-corrected chi connectivity index (χ3v) is 10.9. The van der Waals surface area contributed by atoms with Crippen LogP contribution in [0.25, 0.3) is 111 Å². The third kappa shape index (κ3) is 5.92. The van der Waals surface area contributed by atoms with E-state index in [1.165, 1.54) is 38.4 Å². The first-order valence-electron chi connectivity index (χ1n) is 19.2. The van der Waals surface area contributed by atoms with Crippen LogP contribution in [0.1, 0.15) is 0 Å². The first-order chi connectivity index (χ1) is 28.2. The first kappa shape index (κ1) is 32.7. The molecule has 0 fully saturated rings. The predicted octanol–water partition coefficient (Wildman–Crippen LogP) is 14.1. The van der Waals surface area contributed by atoms with Gasteiger partial charge in [0.2, 0.25) is 0 Å². The molecule has 0 atom stereocenters. The highest BCUT2D eigenvalue weighted by Crippen LogP contribution is 2.40. The van der Waals surface area contributed by atoms with E-state index in [1.54, 1.807) is 0 Å². The number of aromatic nitrogens is 3. The van der Waals surface area contributed by atoms with Gasteiger partial charge in [0.1, 0.15) is 11.2 Å². The lowest BCUT2D eigenvalue weighted by atomic mass is 9.95. The van der Waals surface area contributed by atoms with Crippen molar-refractivity contribution < 1.29 is 4.42 Å². The molecule has 0 aliphatic rings. The van der Waals surface area contributed by atoms with E-state index in [1.807, 2.05) is 42.5 Å². The van der Waals surface area contributed by atoms with Crippen molar-refractivity contribution in [3.05, 3.63) is 200 Å². The van der Waals surface area contributed by atoms with Crippen LogP contribution in [0.4, 0.5) is 0 Å². The van der Waals surface area contributed by atoms with Gasteiger partial charge in [-0.25, -0.2) is 15.0 Å². The molecular formula is C53H33N3O. The summed E-state index contributed by atoms with van der Waals surface area (Å²) in [5.74, 6) is 1.83. The molecule has 0 amide bonds. The van der Waals surface area contributed by atoms with Crippen molar-refractivity contribution in [3.63, 3.8) is 0 Å². The summed E-state index contributed by atoms with van der Waals surface area (Å²) in [4.78, 5) is 15.1. The molecule has 4 heteroatoms. The van der Waals surface area contributed by atoms with Crippen molar-refractivity contribution in [3.8, 4) is 67.5 Å². The van der Waals surface area contributed by atoms with E-state index in [4.69, 9.17) is 19.4 Å². The zero-order chi connectivity index (χ0) is 37.7. The summed E-state index contributed by atoms with van der Waals surface area (Å²) in [5.41, 5.74) is 11.4. The van der Waals surface area contributed by atoms with Crippen LogP contribution < -0.4 is 0 Å². The van der Waals surface area contributed by atoms with Gasteiger partial charge >= 0.3 is 0 Å². The molecule has 0 saturated heterocycles. The maximum absolute atomic E-state index is 6.59. The minimum atomic E-state index is 0.589. The molecule has 9 aromatic carbocycles. The van der Waals surface area contributed by atoms with Crippen molar-refractivity contribution in [2.45, 2.75) is 0 Å². The Labute approximate surface area is 329 Å². The number of fused-ring (bicyclic) bond motifs is 6. The van der Waals surface area contributed by atoms with Gasteiger partial charge in [0.05, 0.1) is 0 Å². The Hall–Kier alpha value is -7.69. The number of furan rings is 1. The molecule has 4 nitrogen and oxygen atoms in total. The second kappa shape index (κ2) is 13.6. The van der Waals surface area contributed by atoms with Crippen molar-refractivity contribution in [2.75, 3.05) is 0 Å². The number of hydrogen-bond donors (Lipinski definition) is 0. The summed E-state index contributed by atoms with van der Waals surface area (Å²) in [6, 6.07) is 70.0. The van der Waals surface area contributed by atoms with Crippen molar-refractivity contribution in [1.29, 1.82) is 0 Å². The fourth-order valence-corrected chi connectivity index (χ4v) is 8.06. The summed E-state index contributed by atoms with van der Waals surface area (Å²) in [6.07, 6.45) is 0. The Morgan fingerprint density at radius 1 is 0.281 bits per heavy atom. The monoisotopic (exact) mass is 727 g/mol. The SMILES string of the molecule is c1ccc(-c2ccc(-c3cccc(-c4cccc5oc6cc(-c7nc(-c8ccccc8)nc(-c8ccc9c(ccc%10ccccc%109)c8)n7)ccc6c45)c3)cc2)cc1. The normalized spacial score (nSPS) is 11.5. The van der Waals surface area contributed by atoms with Gasteiger partial charge in [-0.2, -0.15) is 0 Å². The molecule has 2 heterocycles. The topological polar surface area (TPSA) is 51.8 Å². The van der Waals surface area contributed by atoms with Crippen molar-refractivity contribution >= 4 is 43.5 Å². The molecule has 57 heavy (non-hydrogen) atoms. The van der Waals surface area contributed by atoms with E-state index in [9.17, 15) is 0 Å². The quantitative estimate of drug-likeness (QED) is 0.160. The fraction of sp³-hybridized carbons (Fsp3) is 0. The number of hydrogen-bond acceptors (Lipinski definition) is 4. The standard InChI is InChI=1S/C53H33N3O/c1-3-11-34(12-4-1)35-21-23-36(24-22-35)39-16-9-17-40(31-39)46-19-10-20-48-50(46)47-30-28-43(33-49(47)57-48)53-55-51(38-14-5-2-6-15-38)54-52(56-53)42-27-29-45-41(32-42)26-25-37-13-7-8-18-44(37)45/h1-33H. The number of benzene rings is 9. The van der Waals surface area contributed by atoms with Gasteiger partial charge in [-0.15, -0.1) is 0 Å². The molecule has 0 aliphatic carbocycles. The Morgan fingerprint density at radius 2 is 0.807 bits per heavy atom. The van der Waals surface area contributed by atoms with Gasteiger partial charge in [0, 0.05) is 27.5 Å². The zero-order valence-corrected chi connectivity index (χ0v) is 30.8. The fourth-order valence-electron chi connectivity index (χ4n) is 8.06. The zero-order valence-electron chi connectivity index (χ0n) is 30.8. The highest BCUT2D eigenvalue weighted by Gasteiger charge is 2.17. The molecule has 0 bridgehead atoms. The maximum Gasteiger partial charge on any atom is 0.164 e. The summed E-state index contributed by atoms with van der Waals surface area (Å²) < 4.78 is 6.59. The van der Waals surface area contributed by atoms with Gasteiger partial charge in [-0.3, -0.25) is 0 Å². The minimum absolute atomic E-state index is 0.589. The summed E-state index contributed by atoms with van der Waals surface area (Å²) >= 11 is 0. The van der Waals surface area contributed by atoms with E-state index in [2.05, 4.69) is 158 Å². The second-order valence-corrected chi connectivity index (χ2v) is 14.4. The van der Waals surface area contributed by atoms with Crippen LogP contribution in [0.2, 0.25) is 0 Å². The maximum atomic E-state index is 6.59. The van der Waals surface area contributed by atoms with E-state index in [0.29, 0.717) is 17.5 Å². The van der Waals surface area contributed by atoms with E-state index >= 15 is 0 Å². The molecular weight excluding hydrogens is 695 g/mol. The lowest BCUT2D eigenvalue weighted by molar-refractivity contribution is 0.669. The molecule has 0 radical (unpaired) electrons. The van der Waals surface area contributed by atoms with Crippen LogP contribution in [-0.4, -0.2) is 15.0 Å². The highest BCUT2D eigenvalue weighted by atomic mass is 16.3. The average molecular weight is 728 g/mol. The third-order valence-electron chi connectivity index (χ3n) is 10.9. The Balaban J connectivity index is 0.991. The smallest absolute Gasteiger partial charge is 0.164 e. The van der Waals surface area contributed by atoms with E-state index < -0.39 is 0 Å². The van der Waals surface area contributed by atoms with Crippen LogP contribution >= 0.6 is 0 Å². The molecule has 0 aliphatic heterocycles. The van der Waals surface area contributed by atoms with Crippen LogP contribution in [0.3, 0.4) is 0 Å². The van der Waals surface area contributed by atoms with Gasteiger partial charge in [0.15, 0.2) is 17.5 Å². The van der Waals surface area contributed by atoms with E-state index in [-0.39, 0.29) is 0 Å². The summed E-state index contributed by atoms with van der Waals surface area (Å²) in [6.45, 7) is 0. The lowest BCUT2D eigenvalue weighted by Gasteiger charge is -2.10. The molecule has 11 rings (SSSR count). The van der Waals surface area contributed by atoms with Crippen molar-refractivity contribution in [1.82, 2.24) is 15.0 Å². The van der Waals surface area contributed by atoms with Gasteiger partial charge < -0.3 is 4.42 Å². The Kier molecular flexibility index (Phi) is 7.78. The molecule has 11 aromatic rings. The van der Waals surface area contributed by atoms with Gasteiger partial charge in [-0.1, -0.05) is 170 Å². The highest BCUT2D eigenvalue weighted by molar-refractivity contribution is 6.13. The largest absolute Gasteiger partial charge is 0.456 e. The Bertz CT molecular complexity index is 3280. The molecule has 266 valence electrons. The number of nitrogens with zero attached hydrogens (tertiary/aromatic N) is 3. The van der Waals surface area contributed by atoms with Crippen molar-refractivity contribution in [2.24, 2.45) is 0 Å². The summed E-state index contributed by atoms with van der Waals surface area (Å²) in [5, 5.41) is 6.92. The molecule has 0 spiro atoms. The molecule has 2 aromatic heterocycles. The predicted molar refractivity (Wildman–Crippen MR) is 235 cm³/mol. The Morgan fingerprint density at radius 3 is 1.58 bits per heavy atom. The molecule has 0 saturated carbocycles. The molecule has 0 unspecified atom stereocenters. The van der Waals surface area contributed by atoms with Crippen LogP contribution in [0, 0.1) is 0 Å². The van der Waals surface area contributed by atoms with Crippen LogP contribution in [0.5, 0.6) is 0 Å². The van der Waals surface area contributed by atoms with Crippen LogP contribution in [-0.2, 0) is 0 Å². The summed E-state index contributed by atoms with van der Waals surface area (Å²) in [7, 11) is 0. The lowest BCUT2D eigenvalue weighted by Crippen LogP contribution is -2.00. The van der Waals surface area contributed by atoms with Gasteiger partial charge in [0.25, 0.3) is 0 Å². The van der Waals surface area contributed by atoms with E-state index in [0.717, 1.165) is 55.1 Å². The first-order valence-corrected chi connectivity index (χ1v) is 19.2.